The van der Waals surface area contributed by atoms with Crippen LogP contribution in [-0.4, -0.2) is 24.5 Å². The van der Waals surface area contributed by atoms with Crippen LogP contribution in [0.3, 0.4) is 0 Å². The maximum atomic E-state index is 11.8. The molecule has 1 aromatic heterocycles. The quantitative estimate of drug-likeness (QED) is 0.804. The number of aromatic nitrogens is 1. The summed E-state index contributed by atoms with van der Waals surface area (Å²) in [5.41, 5.74) is 0. The van der Waals surface area contributed by atoms with E-state index in [9.17, 15) is 8.42 Å². The summed E-state index contributed by atoms with van der Waals surface area (Å²) >= 11 is 8.66. The third-order valence-electron chi connectivity index (χ3n) is 1.74. The molecular formula is C8H9BrClNO2S. The molecule has 6 heteroatoms. The van der Waals surface area contributed by atoms with E-state index in [1.165, 1.54) is 6.20 Å². The molecule has 1 atom stereocenters. The van der Waals surface area contributed by atoms with E-state index in [4.69, 9.17) is 11.6 Å². The summed E-state index contributed by atoms with van der Waals surface area (Å²) in [7, 11) is -3.41. The van der Waals surface area contributed by atoms with E-state index in [2.05, 4.69) is 20.9 Å². The highest BCUT2D eigenvalue weighted by Crippen LogP contribution is 2.22. The first-order valence-corrected chi connectivity index (χ1v) is 6.78. The SMILES string of the molecule is CC(CCl)S(=O)(=O)c1ncccc1Br. The number of nitrogens with zero attached hydrogens (tertiary/aromatic N) is 1. The van der Waals surface area contributed by atoms with E-state index in [1.54, 1.807) is 19.1 Å². The molecular weight excluding hydrogens is 290 g/mol. The Kier molecular flexibility index (Phi) is 3.92. The predicted octanol–water partition coefficient (Wildman–Crippen LogP) is 2.25. The summed E-state index contributed by atoms with van der Waals surface area (Å²) in [6.07, 6.45) is 1.44. The molecule has 0 amide bonds. The number of hydrogen-bond acceptors (Lipinski definition) is 3. The Labute approximate surface area is 96.5 Å². The predicted molar refractivity (Wildman–Crippen MR) is 59.3 cm³/mol. The van der Waals surface area contributed by atoms with Crippen molar-refractivity contribution < 1.29 is 8.42 Å². The van der Waals surface area contributed by atoms with Crippen LogP contribution in [0.1, 0.15) is 6.92 Å². The Bertz CT molecular complexity index is 421. The van der Waals surface area contributed by atoms with Gasteiger partial charge in [-0.1, -0.05) is 0 Å². The van der Waals surface area contributed by atoms with Crippen molar-refractivity contribution >= 4 is 37.4 Å². The van der Waals surface area contributed by atoms with E-state index in [1.807, 2.05) is 0 Å². The molecule has 1 aromatic rings. The minimum absolute atomic E-state index is 0.0492. The van der Waals surface area contributed by atoms with Crippen LogP contribution in [0.25, 0.3) is 0 Å². The van der Waals surface area contributed by atoms with Crippen molar-refractivity contribution in [3.63, 3.8) is 0 Å². The third-order valence-corrected chi connectivity index (χ3v) is 5.38. The summed E-state index contributed by atoms with van der Waals surface area (Å²) in [6, 6.07) is 3.30. The lowest BCUT2D eigenvalue weighted by Crippen LogP contribution is -2.20. The molecule has 0 bridgehead atoms. The summed E-state index contributed by atoms with van der Waals surface area (Å²) in [6.45, 7) is 1.56. The number of sulfone groups is 1. The molecule has 0 fully saturated rings. The van der Waals surface area contributed by atoms with Crippen LogP contribution in [-0.2, 0) is 9.84 Å². The lowest BCUT2D eigenvalue weighted by Gasteiger charge is -2.09. The van der Waals surface area contributed by atoms with Gasteiger partial charge in [0.2, 0.25) is 0 Å². The molecule has 0 aliphatic rings. The zero-order valence-corrected chi connectivity index (χ0v) is 10.6. The van der Waals surface area contributed by atoms with Gasteiger partial charge in [-0.25, -0.2) is 13.4 Å². The Morgan fingerprint density at radius 2 is 2.29 bits per heavy atom. The molecule has 14 heavy (non-hydrogen) atoms. The lowest BCUT2D eigenvalue weighted by atomic mass is 10.5. The number of alkyl halides is 1. The molecule has 0 radical (unpaired) electrons. The van der Waals surface area contributed by atoms with Crippen molar-refractivity contribution in [2.75, 3.05) is 5.88 Å². The van der Waals surface area contributed by atoms with Crippen LogP contribution in [0, 0.1) is 0 Å². The van der Waals surface area contributed by atoms with E-state index in [0.717, 1.165) is 0 Å². The van der Waals surface area contributed by atoms with Crippen LogP contribution in [0.2, 0.25) is 0 Å². The molecule has 1 rings (SSSR count). The van der Waals surface area contributed by atoms with Gasteiger partial charge in [-0.15, -0.1) is 11.6 Å². The first kappa shape index (κ1) is 11.9. The van der Waals surface area contributed by atoms with Gasteiger partial charge in [0.1, 0.15) is 0 Å². The smallest absolute Gasteiger partial charge is 0.200 e. The van der Waals surface area contributed by atoms with Crippen molar-refractivity contribution in [2.45, 2.75) is 17.2 Å². The van der Waals surface area contributed by atoms with Crippen LogP contribution >= 0.6 is 27.5 Å². The summed E-state index contributed by atoms with van der Waals surface area (Å²) in [5, 5.41) is -0.580. The van der Waals surface area contributed by atoms with Crippen molar-refractivity contribution in [2.24, 2.45) is 0 Å². The molecule has 1 unspecified atom stereocenters. The average Bonchev–Trinajstić information content (AvgIpc) is 2.17. The first-order valence-electron chi connectivity index (χ1n) is 3.90. The second-order valence-corrected chi connectivity index (χ2v) is 6.24. The van der Waals surface area contributed by atoms with Gasteiger partial charge >= 0.3 is 0 Å². The maximum Gasteiger partial charge on any atom is 0.200 e. The van der Waals surface area contributed by atoms with E-state index in [-0.39, 0.29) is 10.9 Å². The van der Waals surface area contributed by atoms with Gasteiger partial charge < -0.3 is 0 Å². The number of pyridine rings is 1. The number of halogens is 2. The Balaban J connectivity index is 3.24. The molecule has 0 saturated heterocycles. The minimum Gasteiger partial charge on any atom is -0.244 e. The monoisotopic (exact) mass is 297 g/mol. The standard InChI is InChI=1S/C8H9BrClNO2S/c1-6(5-10)14(12,13)8-7(9)3-2-4-11-8/h2-4,6H,5H2,1H3. The van der Waals surface area contributed by atoms with Crippen LogP contribution in [0.5, 0.6) is 0 Å². The second kappa shape index (κ2) is 4.59. The molecule has 0 aromatic carbocycles. The van der Waals surface area contributed by atoms with Crippen molar-refractivity contribution in [1.82, 2.24) is 4.98 Å². The fourth-order valence-electron chi connectivity index (χ4n) is 0.854. The topological polar surface area (TPSA) is 47.0 Å². The van der Waals surface area contributed by atoms with Gasteiger partial charge in [0.15, 0.2) is 14.9 Å². The van der Waals surface area contributed by atoms with Crippen molar-refractivity contribution in [3.8, 4) is 0 Å². The fraction of sp³-hybridized carbons (Fsp3) is 0.375. The van der Waals surface area contributed by atoms with E-state index >= 15 is 0 Å². The summed E-state index contributed by atoms with van der Waals surface area (Å²) < 4.78 is 24.1. The van der Waals surface area contributed by atoms with Gasteiger partial charge in [-0.2, -0.15) is 0 Å². The molecule has 0 aliphatic heterocycles. The molecule has 0 N–H and O–H groups in total. The average molecular weight is 299 g/mol. The number of rotatable bonds is 3. The molecule has 0 spiro atoms. The van der Waals surface area contributed by atoms with Gasteiger partial charge in [0, 0.05) is 12.1 Å². The number of hydrogen-bond donors (Lipinski definition) is 0. The third kappa shape index (κ3) is 2.27. The molecule has 1 heterocycles. The summed E-state index contributed by atoms with van der Waals surface area (Å²) in [5.74, 6) is 0.0609. The molecule has 78 valence electrons. The van der Waals surface area contributed by atoms with Crippen LogP contribution < -0.4 is 0 Å². The molecule has 0 aliphatic carbocycles. The first-order chi connectivity index (χ1) is 6.50. The highest BCUT2D eigenvalue weighted by Gasteiger charge is 2.25. The van der Waals surface area contributed by atoms with Gasteiger partial charge in [-0.05, 0) is 35.0 Å². The molecule has 0 saturated carbocycles. The minimum atomic E-state index is -3.41. The fourth-order valence-corrected chi connectivity index (χ4v) is 3.38. The zero-order valence-electron chi connectivity index (χ0n) is 7.44. The van der Waals surface area contributed by atoms with Crippen LogP contribution in [0.4, 0.5) is 0 Å². The van der Waals surface area contributed by atoms with Gasteiger partial charge in [0.25, 0.3) is 0 Å². The van der Waals surface area contributed by atoms with E-state index in [0.29, 0.717) is 4.47 Å². The second-order valence-electron chi connectivity index (χ2n) is 2.80. The van der Waals surface area contributed by atoms with E-state index < -0.39 is 15.1 Å². The normalized spacial score (nSPS) is 13.9. The Morgan fingerprint density at radius 1 is 1.64 bits per heavy atom. The van der Waals surface area contributed by atoms with Gasteiger partial charge in [-0.3, -0.25) is 0 Å². The van der Waals surface area contributed by atoms with Crippen molar-refractivity contribution in [1.29, 1.82) is 0 Å². The molecule has 3 nitrogen and oxygen atoms in total. The lowest BCUT2D eigenvalue weighted by molar-refractivity contribution is 0.583. The zero-order chi connectivity index (χ0) is 10.8. The summed E-state index contributed by atoms with van der Waals surface area (Å²) in [4.78, 5) is 3.83. The Hall–Kier alpha value is -0.130. The van der Waals surface area contributed by atoms with Gasteiger partial charge in [0.05, 0.1) is 9.72 Å². The van der Waals surface area contributed by atoms with Crippen molar-refractivity contribution in [3.05, 3.63) is 22.8 Å². The largest absolute Gasteiger partial charge is 0.244 e. The van der Waals surface area contributed by atoms with Crippen LogP contribution in [0.15, 0.2) is 27.8 Å². The Morgan fingerprint density at radius 3 is 2.79 bits per heavy atom. The maximum absolute atomic E-state index is 11.8. The highest BCUT2D eigenvalue weighted by atomic mass is 79.9. The highest BCUT2D eigenvalue weighted by molar-refractivity contribution is 9.10.